The predicted molar refractivity (Wildman–Crippen MR) is 144 cm³/mol. The number of carbonyl (C=O) groups is 4. The highest BCUT2D eigenvalue weighted by molar-refractivity contribution is 6.45. The van der Waals surface area contributed by atoms with Crippen molar-refractivity contribution in [1.29, 1.82) is 0 Å². The van der Waals surface area contributed by atoms with Crippen molar-refractivity contribution in [3.63, 3.8) is 0 Å². The molecule has 3 aliphatic rings. The summed E-state index contributed by atoms with van der Waals surface area (Å²) >= 11 is 12.3. The number of ketones is 1. The summed E-state index contributed by atoms with van der Waals surface area (Å²) in [6.07, 6.45) is -1.70. The molecule has 2 aromatic rings. The highest BCUT2D eigenvalue weighted by atomic mass is 35.5. The number of aromatic nitrogens is 1. The number of fused-ring (bicyclic) bond motifs is 2. The number of aromatic amines is 1. The number of carbonyl (C=O) groups excluding carboxylic acids is 4. The molecule has 9 nitrogen and oxygen atoms in total. The third-order valence-corrected chi connectivity index (χ3v) is 9.17. The van der Waals surface area contributed by atoms with E-state index in [0.29, 0.717) is 19.4 Å². The van der Waals surface area contributed by atoms with Crippen LogP contribution in [-0.2, 0) is 14.4 Å². The normalized spacial score (nSPS) is 24.8. The van der Waals surface area contributed by atoms with E-state index in [0.717, 1.165) is 18.9 Å². The molecule has 222 valence electrons. The second kappa shape index (κ2) is 11.4. The predicted octanol–water partition coefficient (Wildman–Crippen LogP) is 4.60. The molecular formula is C27H29Cl2F3N4O5. The van der Waals surface area contributed by atoms with Crippen LogP contribution in [0.5, 0.6) is 5.75 Å². The van der Waals surface area contributed by atoms with Crippen LogP contribution in [-0.4, -0.2) is 64.9 Å². The first-order chi connectivity index (χ1) is 19.4. The molecule has 1 aromatic heterocycles. The van der Waals surface area contributed by atoms with Gasteiger partial charge in [-0.25, -0.2) is 0 Å². The molecule has 14 heteroatoms. The molecule has 1 saturated carbocycles. The lowest BCUT2D eigenvalue weighted by atomic mass is 9.91. The van der Waals surface area contributed by atoms with Gasteiger partial charge in [-0.2, -0.15) is 0 Å². The molecule has 3 N–H and O–H groups in total. The Hall–Kier alpha value is -2.99. The fourth-order valence-corrected chi connectivity index (χ4v) is 6.85. The Morgan fingerprint density at radius 3 is 2.61 bits per heavy atom. The van der Waals surface area contributed by atoms with E-state index in [9.17, 15) is 32.3 Å². The molecule has 0 radical (unpaired) electrons. The summed E-state index contributed by atoms with van der Waals surface area (Å²) < 4.78 is 43.3. The first-order valence-electron chi connectivity index (χ1n) is 13.6. The number of rotatable bonds is 8. The lowest BCUT2D eigenvalue weighted by Crippen LogP contribution is -2.53. The number of alkyl halides is 3. The molecular weight excluding hydrogens is 588 g/mol. The maximum atomic E-state index is 13.8. The zero-order valence-corrected chi connectivity index (χ0v) is 23.6. The van der Waals surface area contributed by atoms with Crippen molar-refractivity contribution in [3.8, 4) is 5.75 Å². The number of nitrogens with zero attached hydrogens (tertiary/aromatic N) is 1. The average molecular weight is 617 g/mol. The largest absolute Gasteiger partial charge is 0.573 e. The lowest BCUT2D eigenvalue weighted by molar-refractivity contribution is -0.274. The number of benzene rings is 1. The topological polar surface area (TPSA) is 121 Å². The molecule has 2 saturated heterocycles. The zero-order chi connectivity index (χ0) is 29.6. The van der Waals surface area contributed by atoms with Gasteiger partial charge in [0.25, 0.3) is 5.91 Å². The number of halogens is 5. The monoisotopic (exact) mass is 616 g/mol. The van der Waals surface area contributed by atoms with Crippen LogP contribution in [0.15, 0.2) is 12.1 Å². The minimum Gasteiger partial charge on any atom is -0.405 e. The highest BCUT2D eigenvalue weighted by Gasteiger charge is 2.50. The number of hydrogen-bond donors (Lipinski definition) is 3. The van der Waals surface area contributed by atoms with Crippen LogP contribution in [0.25, 0.3) is 10.9 Å². The smallest absolute Gasteiger partial charge is 0.405 e. The van der Waals surface area contributed by atoms with Crippen LogP contribution in [0, 0.1) is 17.8 Å². The van der Waals surface area contributed by atoms with Gasteiger partial charge in [0.05, 0.1) is 21.6 Å². The number of hydrogen-bond acceptors (Lipinski definition) is 5. The van der Waals surface area contributed by atoms with Gasteiger partial charge in [-0.3, -0.25) is 19.2 Å². The average Bonchev–Trinajstić information content (AvgIpc) is 3.69. The molecule has 1 aliphatic carbocycles. The number of ether oxygens (including phenoxy) is 1. The van der Waals surface area contributed by atoms with Gasteiger partial charge in [-0.15, -0.1) is 13.2 Å². The van der Waals surface area contributed by atoms with Crippen LogP contribution in [0.1, 0.15) is 55.9 Å². The highest BCUT2D eigenvalue weighted by Crippen LogP contribution is 2.44. The molecule has 3 heterocycles. The Bertz CT molecular complexity index is 1400. The SMILES string of the molecule is CCC(=O)C(CC1CCNC1=O)NC(=O)C1C2CCCC2CN1C(=O)c1cc2c(OC(F)(F)F)cc(Cl)c(Cl)c2[nH]1. The maximum absolute atomic E-state index is 13.8. The molecule has 5 unspecified atom stereocenters. The fourth-order valence-electron chi connectivity index (χ4n) is 6.46. The minimum atomic E-state index is -5.01. The summed E-state index contributed by atoms with van der Waals surface area (Å²) in [4.78, 5) is 56.6. The molecule has 3 fully saturated rings. The third-order valence-electron chi connectivity index (χ3n) is 8.38. The number of Topliss-reactive ketones (excluding diaryl/α,β-unsaturated/α-hetero) is 1. The van der Waals surface area contributed by atoms with Crippen molar-refractivity contribution in [2.45, 2.75) is 63.9 Å². The van der Waals surface area contributed by atoms with E-state index in [1.165, 1.54) is 11.0 Å². The Morgan fingerprint density at radius 1 is 1.20 bits per heavy atom. The number of nitrogens with one attached hydrogen (secondary N) is 3. The van der Waals surface area contributed by atoms with E-state index in [1.54, 1.807) is 6.92 Å². The zero-order valence-electron chi connectivity index (χ0n) is 22.1. The van der Waals surface area contributed by atoms with E-state index in [4.69, 9.17) is 23.2 Å². The van der Waals surface area contributed by atoms with Crippen molar-refractivity contribution < 1.29 is 37.1 Å². The van der Waals surface area contributed by atoms with E-state index in [1.807, 2.05) is 0 Å². The van der Waals surface area contributed by atoms with E-state index < -0.39 is 41.9 Å². The van der Waals surface area contributed by atoms with Gasteiger partial charge >= 0.3 is 6.36 Å². The van der Waals surface area contributed by atoms with Gasteiger partial charge in [-0.1, -0.05) is 36.5 Å². The molecule has 5 atom stereocenters. The molecule has 0 spiro atoms. The van der Waals surface area contributed by atoms with E-state index in [-0.39, 0.29) is 69.6 Å². The molecule has 0 bridgehead atoms. The third kappa shape index (κ3) is 5.86. The van der Waals surface area contributed by atoms with Crippen molar-refractivity contribution in [2.75, 3.05) is 13.1 Å². The Balaban J connectivity index is 1.44. The van der Waals surface area contributed by atoms with Gasteiger partial charge in [-0.05, 0) is 43.6 Å². The Morgan fingerprint density at radius 2 is 1.95 bits per heavy atom. The Labute approximate surface area is 243 Å². The molecule has 41 heavy (non-hydrogen) atoms. The van der Waals surface area contributed by atoms with Gasteiger partial charge in [0.15, 0.2) is 5.78 Å². The van der Waals surface area contributed by atoms with Gasteiger partial charge in [0.2, 0.25) is 11.8 Å². The van der Waals surface area contributed by atoms with E-state index >= 15 is 0 Å². The lowest BCUT2D eigenvalue weighted by Gasteiger charge is -2.29. The van der Waals surface area contributed by atoms with Crippen LogP contribution >= 0.6 is 23.2 Å². The first-order valence-corrected chi connectivity index (χ1v) is 14.3. The fraction of sp³-hybridized carbons (Fsp3) is 0.556. The van der Waals surface area contributed by atoms with Crippen molar-refractivity contribution in [3.05, 3.63) is 27.9 Å². The van der Waals surface area contributed by atoms with Crippen LogP contribution in [0.3, 0.4) is 0 Å². The molecule has 5 rings (SSSR count). The maximum Gasteiger partial charge on any atom is 0.573 e. The number of H-pyrrole nitrogens is 1. The molecule has 1 aromatic carbocycles. The van der Waals surface area contributed by atoms with Gasteiger partial charge < -0.3 is 25.3 Å². The van der Waals surface area contributed by atoms with Crippen LogP contribution in [0.4, 0.5) is 13.2 Å². The van der Waals surface area contributed by atoms with Crippen molar-refractivity contribution in [1.82, 2.24) is 20.5 Å². The summed E-state index contributed by atoms with van der Waals surface area (Å²) in [5, 5.41) is 5.19. The minimum absolute atomic E-state index is 0.00870. The van der Waals surface area contributed by atoms with E-state index in [2.05, 4.69) is 20.4 Å². The quantitative estimate of drug-likeness (QED) is 0.400. The second-order valence-electron chi connectivity index (χ2n) is 10.8. The summed E-state index contributed by atoms with van der Waals surface area (Å²) in [7, 11) is 0. The van der Waals surface area contributed by atoms with Crippen LogP contribution < -0.4 is 15.4 Å². The summed E-state index contributed by atoms with van der Waals surface area (Å²) in [5.74, 6) is -2.57. The van der Waals surface area contributed by atoms with Crippen molar-refractivity contribution in [2.24, 2.45) is 17.8 Å². The summed E-state index contributed by atoms with van der Waals surface area (Å²) in [6, 6.07) is 0.353. The van der Waals surface area contributed by atoms with Gasteiger partial charge in [0.1, 0.15) is 17.5 Å². The Kier molecular flexibility index (Phi) is 8.17. The molecule has 3 amide bonds. The summed E-state index contributed by atoms with van der Waals surface area (Å²) in [6.45, 7) is 2.46. The first kappa shape index (κ1) is 29.5. The second-order valence-corrected chi connectivity index (χ2v) is 11.6. The number of amides is 3. The van der Waals surface area contributed by atoms with Gasteiger partial charge in [0, 0.05) is 36.9 Å². The van der Waals surface area contributed by atoms with Crippen LogP contribution in [0.2, 0.25) is 10.0 Å². The van der Waals surface area contributed by atoms with Crippen molar-refractivity contribution >= 4 is 57.6 Å². The summed E-state index contributed by atoms with van der Waals surface area (Å²) in [5.41, 5.74) is -0.0941. The molecule has 2 aliphatic heterocycles. The standard InChI is InChI=1S/C27H29Cl2F3N4O5/c1-2-19(37)17(8-12-6-7-33-24(12)38)35-25(39)23-14-5-3-4-13(14)11-36(23)26(40)18-9-15-20(41-27(30,31)32)10-16(28)21(29)22(15)34-18/h9-10,12-14,17,23,34H,2-8,11H2,1H3,(H,33,38)(H,35,39). The number of likely N-dealkylation sites (tertiary alicyclic amines) is 1.